The van der Waals surface area contributed by atoms with E-state index in [0.29, 0.717) is 6.42 Å². The second-order valence-electron chi connectivity index (χ2n) is 8.57. The van der Waals surface area contributed by atoms with Gasteiger partial charge >= 0.3 is 0 Å². The second-order valence-corrected chi connectivity index (χ2v) is 8.57. The van der Waals surface area contributed by atoms with Crippen LogP contribution in [0.4, 0.5) is 15.8 Å². The van der Waals surface area contributed by atoms with E-state index in [1.165, 1.54) is 11.6 Å². The maximum absolute atomic E-state index is 13.4. The van der Waals surface area contributed by atoms with Gasteiger partial charge in [0.25, 0.3) is 0 Å². The van der Waals surface area contributed by atoms with Crippen LogP contribution < -0.4 is 10.2 Å². The predicted molar refractivity (Wildman–Crippen MR) is 108 cm³/mol. The fraction of sp³-hybridized carbons (Fsp3) is 0.435. The van der Waals surface area contributed by atoms with Gasteiger partial charge in [-0.05, 0) is 85.0 Å². The third-order valence-corrected chi connectivity index (χ3v) is 6.02. The van der Waals surface area contributed by atoms with E-state index in [2.05, 4.69) is 43.1 Å². The number of carbonyl (C=O) groups is 1. The number of carbonyl (C=O) groups excluding carboxylic acids is 1. The highest BCUT2D eigenvalue weighted by Gasteiger charge is 2.39. The first kappa shape index (κ1) is 18.0. The summed E-state index contributed by atoms with van der Waals surface area (Å²) in [7, 11) is 0. The Balaban J connectivity index is 1.51. The lowest BCUT2D eigenvalue weighted by atomic mass is 9.98. The molecule has 2 aromatic rings. The smallest absolute Gasteiger partial charge is 0.224 e. The number of nitrogens with zero attached hydrogens (tertiary/aromatic N) is 1. The van der Waals surface area contributed by atoms with Gasteiger partial charge in [0.15, 0.2) is 0 Å². The minimum atomic E-state index is -0.158. The molecule has 0 spiro atoms. The Kier molecular flexibility index (Phi) is 4.45. The van der Waals surface area contributed by atoms with Crippen LogP contribution in [0.3, 0.4) is 0 Å². The molecule has 0 aromatic heterocycles. The first-order chi connectivity index (χ1) is 12.8. The van der Waals surface area contributed by atoms with Crippen molar-refractivity contribution in [1.82, 2.24) is 0 Å². The highest BCUT2D eigenvalue weighted by atomic mass is 19.1. The third kappa shape index (κ3) is 3.85. The van der Waals surface area contributed by atoms with Crippen molar-refractivity contribution in [3.05, 3.63) is 58.4 Å². The Labute approximate surface area is 160 Å². The molecule has 27 heavy (non-hydrogen) atoms. The average molecular weight is 366 g/mol. The number of hydrogen-bond acceptors (Lipinski definition) is 2. The zero-order valence-electron chi connectivity index (χ0n) is 16.4. The number of nitrogens with one attached hydrogen (secondary N) is 1. The normalized spacial score (nSPS) is 17.4. The molecule has 1 aliphatic carbocycles. The minimum Gasteiger partial charge on any atom is -0.367 e. The summed E-state index contributed by atoms with van der Waals surface area (Å²) >= 11 is 0. The number of fused-ring (bicyclic) bond motifs is 1. The van der Waals surface area contributed by atoms with Crippen LogP contribution in [0.2, 0.25) is 0 Å². The summed E-state index contributed by atoms with van der Waals surface area (Å²) in [5.74, 6) is -0.0445. The molecule has 1 saturated carbocycles. The number of rotatable bonds is 4. The number of anilines is 2. The number of halogens is 1. The van der Waals surface area contributed by atoms with Gasteiger partial charge in [0.1, 0.15) is 5.82 Å². The predicted octanol–water partition coefficient (Wildman–Crippen LogP) is 5.13. The van der Waals surface area contributed by atoms with E-state index in [4.69, 9.17) is 0 Å². The van der Waals surface area contributed by atoms with Gasteiger partial charge in [0, 0.05) is 30.9 Å². The van der Waals surface area contributed by atoms with Crippen molar-refractivity contribution in [2.45, 2.75) is 53.0 Å². The van der Waals surface area contributed by atoms with Crippen LogP contribution in [0, 0.1) is 25.1 Å². The molecule has 3 nitrogen and oxygen atoms in total. The summed E-state index contributed by atoms with van der Waals surface area (Å²) in [5, 5.41) is 3.13. The van der Waals surface area contributed by atoms with E-state index >= 15 is 0 Å². The zero-order chi connectivity index (χ0) is 19.2. The average Bonchev–Trinajstić information content (AvgIpc) is 3.34. The highest BCUT2D eigenvalue weighted by Crippen LogP contribution is 2.48. The summed E-state index contributed by atoms with van der Waals surface area (Å²) in [6.45, 7) is 7.95. The van der Waals surface area contributed by atoms with Gasteiger partial charge in [0.2, 0.25) is 5.91 Å². The van der Waals surface area contributed by atoms with Gasteiger partial charge < -0.3 is 10.2 Å². The van der Waals surface area contributed by atoms with Crippen molar-refractivity contribution in [3.63, 3.8) is 0 Å². The molecule has 1 fully saturated rings. The molecule has 142 valence electrons. The minimum absolute atomic E-state index is 0.114. The van der Waals surface area contributed by atoms with E-state index in [1.807, 2.05) is 6.07 Å². The number of benzene rings is 2. The van der Waals surface area contributed by atoms with Gasteiger partial charge in [-0.15, -0.1) is 0 Å². The Morgan fingerprint density at radius 1 is 1.15 bits per heavy atom. The van der Waals surface area contributed by atoms with Gasteiger partial charge in [-0.3, -0.25) is 4.79 Å². The van der Waals surface area contributed by atoms with Crippen molar-refractivity contribution in [3.8, 4) is 0 Å². The molecule has 1 heterocycles. The molecule has 0 atom stereocenters. The summed E-state index contributed by atoms with van der Waals surface area (Å²) in [6, 6.07) is 9.38. The molecule has 0 bridgehead atoms. The number of aryl methyl sites for hydroxylation is 2. The van der Waals surface area contributed by atoms with E-state index in [0.717, 1.165) is 60.4 Å². The molecule has 1 N–H and O–H groups in total. The lowest BCUT2D eigenvalue weighted by molar-refractivity contribution is -0.117. The first-order valence-corrected chi connectivity index (χ1v) is 9.76. The van der Waals surface area contributed by atoms with Crippen molar-refractivity contribution in [1.29, 1.82) is 0 Å². The van der Waals surface area contributed by atoms with Crippen molar-refractivity contribution < 1.29 is 9.18 Å². The molecule has 4 heteroatoms. The van der Waals surface area contributed by atoms with Crippen LogP contribution in [0.15, 0.2) is 30.3 Å². The van der Waals surface area contributed by atoms with E-state index < -0.39 is 0 Å². The topological polar surface area (TPSA) is 32.3 Å². The summed E-state index contributed by atoms with van der Waals surface area (Å²) in [4.78, 5) is 14.7. The van der Waals surface area contributed by atoms with Gasteiger partial charge in [-0.2, -0.15) is 0 Å². The molecule has 0 unspecified atom stereocenters. The number of hydrogen-bond donors (Lipinski definition) is 1. The summed E-state index contributed by atoms with van der Waals surface area (Å²) in [5.41, 5.74) is 6.78. The monoisotopic (exact) mass is 366 g/mol. The first-order valence-electron chi connectivity index (χ1n) is 9.76. The van der Waals surface area contributed by atoms with E-state index in [-0.39, 0.29) is 17.1 Å². The van der Waals surface area contributed by atoms with E-state index in [9.17, 15) is 9.18 Å². The Morgan fingerprint density at radius 3 is 2.52 bits per heavy atom. The lowest BCUT2D eigenvalue weighted by Gasteiger charge is -2.31. The highest BCUT2D eigenvalue weighted by molar-refractivity contribution is 5.93. The summed E-state index contributed by atoms with van der Waals surface area (Å²) < 4.78 is 13.4. The standard InChI is InChI=1S/C23H27FN2O/c1-15-10-20(26-9-6-17-12-19(24)5-4-18(17)14-26)11-16(2)22(15)25-21(27)13-23(3)7-8-23/h4-5,10-12H,6-9,13-14H2,1-3H3,(H,25,27). The third-order valence-electron chi connectivity index (χ3n) is 6.02. The fourth-order valence-electron chi connectivity index (χ4n) is 4.02. The second kappa shape index (κ2) is 6.66. The Hall–Kier alpha value is -2.36. The maximum Gasteiger partial charge on any atom is 0.224 e. The van der Waals surface area contributed by atoms with Crippen LogP contribution in [0.25, 0.3) is 0 Å². The molecule has 1 aliphatic heterocycles. The molecule has 4 rings (SSSR count). The van der Waals surface area contributed by atoms with Crippen LogP contribution in [-0.4, -0.2) is 12.5 Å². The largest absolute Gasteiger partial charge is 0.367 e. The molecular formula is C23H27FN2O. The number of amides is 1. The fourth-order valence-corrected chi connectivity index (χ4v) is 4.02. The van der Waals surface area contributed by atoms with Crippen molar-refractivity contribution in [2.24, 2.45) is 5.41 Å². The molecule has 0 saturated heterocycles. The Morgan fingerprint density at radius 2 is 1.85 bits per heavy atom. The van der Waals surface area contributed by atoms with Crippen molar-refractivity contribution >= 4 is 17.3 Å². The van der Waals surface area contributed by atoms with E-state index in [1.54, 1.807) is 6.07 Å². The van der Waals surface area contributed by atoms with Crippen LogP contribution >= 0.6 is 0 Å². The SMILES string of the molecule is Cc1cc(N2CCc3cc(F)ccc3C2)cc(C)c1NC(=O)CC1(C)CC1. The molecule has 1 amide bonds. The van der Waals surface area contributed by atoms with Gasteiger partial charge in [-0.25, -0.2) is 4.39 Å². The van der Waals surface area contributed by atoms with Crippen molar-refractivity contribution in [2.75, 3.05) is 16.8 Å². The van der Waals surface area contributed by atoms with Crippen LogP contribution in [0.1, 0.15) is 48.4 Å². The molecule has 0 radical (unpaired) electrons. The molecule has 2 aromatic carbocycles. The quantitative estimate of drug-likeness (QED) is 0.813. The maximum atomic E-state index is 13.4. The van der Waals surface area contributed by atoms with Gasteiger partial charge in [-0.1, -0.05) is 13.0 Å². The van der Waals surface area contributed by atoms with Crippen LogP contribution in [0.5, 0.6) is 0 Å². The Bertz CT molecular complexity index is 878. The summed E-state index contributed by atoms with van der Waals surface area (Å²) in [6.07, 6.45) is 3.75. The lowest BCUT2D eigenvalue weighted by Crippen LogP contribution is -2.30. The molecule has 2 aliphatic rings. The molecular weight excluding hydrogens is 339 g/mol. The zero-order valence-corrected chi connectivity index (χ0v) is 16.4. The van der Waals surface area contributed by atoms with Crippen LogP contribution in [-0.2, 0) is 17.8 Å². The van der Waals surface area contributed by atoms with Gasteiger partial charge in [0.05, 0.1) is 0 Å².